The number of halogens is 1. The van der Waals surface area contributed by atoms with Crippen molar-refractivity contribution in [3.8, 4) is 5.75 Å². The minimum atomic E-state index is -0.334. The number of hydrogen-bond donors (Lipinski definition) is 1. The first kappa shape index (κ1) is 10.9. The quantitative estimate of drug-likeness (QED) is 0.751. The van der Waals surface area contributed by atoms with Gasteiger partial charge < -0.3 is 10.5 Å². The Balaban J connectivity index is 2.54. The zero-order chi connectivity index (χ0) is 10.4. The van der Waals surface area contributed by atoms with Crippen LogP contribution >= 0.6 is 11.6 Å². The number of carbonyl (C=O) groups is 1. The molecule has 4 heteroatoms. The lowest BCUT2D eigenvalue weighted by atomic mass is 10.1. The van der Waals surface area contributed by atoms with E-state index in [4.69, 9.17) is 22.1 Å². The molecule has 0 aliphatic heterocycles. The SMILES string of the molecule is NC(=O)Cc1ccc(OCCCl)cc1. The molecule has 0 aromatic heterocycles. The summed E-state index contributed by atoms with van der Waals surface area (Å²) in [5.41, 5.74) is 5.94. The van der Waals surface area contributed by atoms with Crippen molar-refractivity contribution in [1.29, 1.82) is 0 Å². The predicted molar refractivity (Wildman–Crippen MR) is 55.6 cm³/mol. The summed E-state index contributed by atoms with van der Waals surface area (Å²) in [5, 5.41) is 0. The normalized spacial score (nSPS) is 9.79. The van der Waals surface area contributed by atoms with Gasteiger partial charge in [0.05, 0.1) is 12.3 Å². The number of carbonyl (C=O) groups excluding carboxylic acids is 1. The van der Waals surface area contributed by atoms with Crippen LogP contribution in [0.5, 0.6) is 5.75 Å². The molecule has 0 radical (unpaired) electrons. The van der Waals surface area contributed by atoms with Crippen LogP contribution in [0, 0.1) is 0 Å². The van der Waals surface area contributed by atoms with Gasteiger partial charge >= 0.3 is 0 Å². The molecule has 3 nitrogen and oxygen atoms in total. The average Bonchev–Trinajstić information content (AvgIpc) is 2.16. The minimum Gasteiger partial charge on any atom is -0.492 e. The number of ether oxygens (including phenoxy) is 1. The van der Waals surface area contributed by atoms with Crippen LogP contribution in [-0.4, -0.2) is 18.4 Å². The standard InChI is InChI=1S/C10H12ClNO2/c11-5-6-14-9-3-1-8(2-4-9)7-10(12)13/h1-4H,5-7H2,(H2,12,13). The second-order valence-electron chi connectivity index (χ2n) is 2.82. The van der Waals surface area contributed by atoms with Crippen molar-refractivity contribution >= 4 is 17.5 Å². The molecule has 1 aromatic rings. The van der Waals surface area contributed by atoms with Crippen molar-refractivity contribution in [2.24, 2.45) is 5.73 Å². The zero-order valence-electron chi connectivity index (χ0n) is 7.70. The lowest BCUT2D eigenvalue weighted by Crippen LogP contribution is -2.13. The number of amides is 1. The molecule has 0 unspecified atom stereocenters. The Bertz CT molecular complexity index is 297. The fourth-order valence-electron chi connectivity index (χ4n) is 1.06. The lowest BCUT2D eigenvalue weighted by molar-refractivity contribution is -0.117. The number of benzene rings is 1. The largest absolute Gasteiger partial charge is 0.492 e. The maximum absolute atomic E-state index is 10.6. The molecule has 1 rings (SSSR count). The van der Waals surface area contributed by atoms with Crippen molar-refractivity contribution in [1.82, 2.24) is 0 Å². The molecular formula is C10H12ClNO2. The molecule has 0 saturated carbocycles. The number of hydrogen-bond acceptors (Lipinski definition) is 2. The van der Waals surface area contributed by atoms with Gasteiger partial charge in [0.1, 0.15) is 12.4 Å². The van der Waals surface area contributed by atoms with E-state index in [1.54, 1.807) is 12.1 Å². The highest BCUT2D eigenvalue weighted by Gasteiger charge is 1.98. The maximum atomic E-state index is 10.6. The second-order valence-corrected chi connectivity index (χ2v) is 3.20. The van der Waals surface area contributed by atoms with Crippen molar-refractivity contribution in [2.45, 2.75) is 6.42 Å². The highest BCUT2D eigenvalue weighted by atomic mass is 35.5. The summed E-state index contributed by atoms with van der Waals surface area (Å²) < 4.78 is 5.27. The molecule has 0 bridgehead atoms. The highest BCUT2D eigenvalue weighted by Crippen LogP contribution is 2.12. The minimum absolute atomic E-state index is 0.260. The third-order valence-corrected chi connectivity index (χ3v) is 1.80. The Morgan fingerprint density at radius 2 is 2.00 bits per heavy atom. The molecule has 0 spiro atoms. The monoisotopic (exact) mass is 213 g/mol. The fourth-order valence-corrected chi connectivity index (χ4v) is 1.14. The molecule has 14 heavy (non-hydrogen) atoms. The summed E-state index contributed by atoms with van der Waals surface area (Å²) in [4.78, 5) is 10.6. The van der Waals surface area contributed by atoms with Crippen LogP contribution in [0.4, 0.5) is 0 Å². The van der Waals surface area contributed by atoms with E-state index in [9.17, 15) is 4.79 Å². The van der Waals surface area contributed by atoms with Gasteiger partial charge in [0.15, 0.2) is 0 Å². The third kappa shape index (κ3) is 3.66. The molecule has 1 amide bonds. The zero-order valence-corrected chi connectivity index (χ0v) is 8.46. The van der Waals surface area contributed by atoms with Crippen LogP contribution in [0.1, 0.15) is 5.56 Å². The van der Waals surface area contributed by atoms with Crippen LogP contribution in [0.2, 0.25) is 0 Å². The number of rotatable bonds is 5. The van der Waals surface area contributed by atoms with Gasteiger partial charge in [0.25, 0.3) is 0 Å². The van der Waals surface area contributed by atoms with Crippen molar-refractivity contribution < 1.29 is 9.53 Å². The first-order valence-electron chi connectivity index (χ1n) is 4.28. The van der Waals surface area contributed by atoms with Gasteiger partial charge in [-0.3, -0.25) is 4.79 Å². The van der Waals surface area contributed by atoms with Gasteiger partial charge in [-0.2, -0.15) is 0 Å². The van der Waals surface area contributed by atoms with Crippen LogP contribution in [0.15, 0.2) is 24.3 Å². The van der Waals surface area contributed by atoms with E-state index in [2.05, 4.69) is 0 Å². The van der Waals surface area contributed by atoms with E-state index in [-0.39, 0.29) is 12.3 Å². The molecule has 0 aliphatic rings. The van der Waals surface area contributed by atoms with Gasteiger partial charge in [-0.05, 0) is 17.7 Å². The first-order chi connectivity index (χ1) is 6.72. The average molecular weight is 214 g/mol. The van der Waals surface area contributed by atoms with Crippen LogP contribution < -0.4 is 10.5 Å². The Morgan fingerprint density at radius 3 is 2.50 bits per heavy atom. The van der Waals surface area contributed by atoms with E-state index >= 15 is 0 Å². The molecule has 0 aliphatic carbocycles. The highest BCUT2D eigenvalue weighted by molar-refractivity contribution is 6.18. The van der Waals surface area contributed by atoms with Crippen molar-refractivity contribution in [2.75, 3.05) is 12.5 Å². The Morgan fingerprint density at radius 1 is 1.36 bits per heavy atom. The van der Waals surface area contributed by atoms with Crippen LogP contribution in [0.3, 0.4) is 0 Å². The second kappa shape index (κ2) is 5.50. The molecule has 1 aromatic carbocycles. The van der Waals surface area contributed by atoms with E-state index in [0.29, 0.717) is 12.5 Å². The molecule has 2 N–H and O–H groups in total. The summed E-state index contributed by atoms with van der Waals surface area (Å²) in [7, 11) is 0. The van der Waals surface area contributed by atoms with Crippen LogP contribution in [0.25, 0.3) is 0 Å². The molecule has 76 valence electrons. The molecule has 0 atom stereocenters. The van der Waals surface area contributed by atoms with E-state index < -0.39 is 0 Å². The molecule has 0 heterocycles. The molecule has 0 saturated heterocycles. The third-order valence-electron chi connectivity index (χ3n) is 1.65. The topological polar surface area (TPSA) is 52.3 Å². The summed E-state index contributed by atoms with van der Waals surface area (Å²) in [6, 6.07) is 7.22. The van der Waals surface area contributed by atoms with Crippen LogP contribution in [-0.2, 0) is 11.2 Å². The van der Waals surface area contributed by atoms with Gasteiger partial charge in [-0.25, -0.2) is 0 Å². The van der Waals surface area contributed by atoms with Gasteiger partial charge in [0.2, 0.25) is 5.91 Å². The molecule has 0 fully saturated rings. The Labute approximate surface area is 87.8 Å². The number of primary amides is 1. The fraction of sp³-hybridized carbons (Fsp3) is 0.300. The van der Waals surface area contributed by atoms with Gasteiger partial charge in [-0.15, -0.1) is 11.6 Å². The Kier molecular flexibility index (Phi) is 4.26. The lowest BCUT2D eigenvalue weighted by Gasteiger charge is -2.04. The van der Waals surface area contributed by atoms with E-state index in [1.165, 1.54) is 0 Å². The van der Waals surface area contributed by atoms with Crippen molar-refractivity contribution in [3.05, 3.63) is 29.8 Å². The summed E-state index contributed by atoms with van der Waals surface area (Å²) in [5.74, 6) is 0.876. The number of nitrogens with two attached hydrogens (primary N) is 1. The summed E-state index contributed by atoms with van der Waals surface area (Å²) in [6.45, 7) is 0.483. The first-order valence-corrected chi connectivity index (χ1v) is 4.82. The molecular weight excluding hydrogens is 202 g/mol. The van der Waals surface area contributed by atoms with E-state index in [0.717, 1.165) is 11.3 Å². The summed E-state index contributed by atoms with van der Waals surface area (Å²) in [6.07, 6.45) is 0.260. The van der Waals surface area contributed by atoms with Crippen molar-refractivity contribution in [3.63, 3.8) is 0 Å². The van der Waals surface area contributed by atoms with Gasteiger partial charge in [0, 0.05) is 0 Å². The Hall–Kier alpha value is -1.22. The van der Waals surface area contributed by atoms with E-state index in [1.807, 2.05) is 12.1 Å². The smallest absolute Gasteiger partial charge is 0.221 e. The maximum Gasteiger partial charge on any atom is 0.221 e. The van der Waals surface area contributed by atoms with Gasteiger partial charge in [-0.1, -0.05) is 12.1 Å². The summed E-state index contributed by atoms with van der Waals surface area (Å²) >= 11 is 5.47. The predicted octanol–water partition coefficient (Wildman–Crippen LogP) is 1.33. The number of alkyl halides is 1.